The zero-order valence-electron chi connectivity index (χ0n) is 8.85. The van der Waals surface area contributed by atoms with E-state index in [4.69, 9.17) is 0 Å². The van der Waals surface area contributed by atoms with Gasteiger partial charge in [-0.2, -0.15) is 0 Å². The molecule has 0 unspecified atom stereocenters. The van der Waals surface area contributed by atoms with Gasteiger partial charge in [0.1, 0.15) is 0 Å². The lowest BCUT2D eigenvalue weighted by molar-refractivity contribution is 0.232. The SMILES string of the molecule is CC1(C)Cc2ncsc2C(C)(C)C1. The molecule has 72 valence electrons. The highest BCUT2D eigenvalue weighted by atomic mass is 32.1. The first-order valence-electron chi connectivity index (χ1n) is 4.84. The quantitative estimate of drug-likeness (QED) is 0.618. The van der Waals surface area contributed by atoms with Crippen molar-refractivity contribution in [1.29, 1.82) is 0 Å². The molecular formula is C11H17NS. The molecule has 1 aliphatic carbocycles. The van der Waals surface area contributed by atoms with Crippen molar-refractivity contribution in [1.82, 2.24) is 4.98 Å². The molecule has 0 fully saturated rings. The topological polar surface area (TPSA) is 12.9 Å². The molecule has 0 spiro atoms. The van der Waals surface area contributed by atoms with E-state index in [1.54, 1.807) is 0 Å². The summed E-state index contributed by atoms with van der Waals surface area (Å²) in [4.78, 5) is 5.97. The van der Waals surface area contributed by atoms with Crippen molar-refractivity contribution >= 4 is 11.3 Å². The van der Waals surface area contributed by atoms with E-state index in [1.165, 1.54) is 17.0 Å². The van der Waals surface area contributed by atoms with Crippen molar-refractivity contribution in [3.05, 3.63) is 16.1 Å². The first kappa shape index (κ1) is 9.20. The number of hydrogen-bond donors (Lipinski definition) is 0. The molecule has 0 N–H and O–H groups in total. The third kappa shape index (κ3) is 1.52. The number of hydrogen-bond acceptors (Lipinski definition) is 2. The van der Waals surface area contributed by atoms with Crippen molar-refractivity contribution in [2.45, 2.75) is 46.0 Å². The first-order valence-corrected chi connectivity index (χ1v) is 5.72. The lowest BCUT2D eigenvalue weighted by atomic mass is 9.67. The maximum Gasteiger partial charge on any atom is 0.0797 e. The van der Waals surface area contributed by atoms with Crippen LogP contribution >= 0.6 is 11.3 Å². The highest BCUT2D eigenvalue weighted by Gasteiger charge is 2.38. The van der Waals surface area contributed by atoms with Crippen LogP contribution in [0.1, 0.15) is 44.7 Å². The minimum atomic E-state index is 0.332. The lowest BCUT2D eigenvalue weighted by Crippen LogP contribution is -2.33. The molecule has 1 aliphatic rings. The highest BCUT2D eigenvalue weighted by molar-refractivity contribution is 7.09. The monoisotopic (exact) mass is 195 g/mol. The van der Waals surface area contributed by atoms with Crippen molar-refractivity contribution in [2.24, 2.45) is 5.41 Å². The summed E-state index contributed by atoms with van der Waals surface area (Å²) >= 11 is 1.82. The van der Waals surface area contributed by atoms with Crippen LogP contribution in [0.25, 0.3) is 0 Å². The van der Waals surface area contributed by atoms with E-state index >= 15 is 0 Å². The van der Waals surface area contributed by atoms with E-state index in [0.29, 0.717) is 10.8 Å². The summed E-state index contributed by atoms with van der Waals surface area (Å²) in [5, 5.41) is 0. The van der Waals surface area contributed by atoms with E-state index in [-0.39, 0.29) is 0 Å². The van der Waals surface area contributed by atoms with Crippen LogP contribution in [-0.4, -0.2) is 4.98 Å². The van der Waals surface area contributed by atoms with Crippen LogP contribution in [0, 0.1) is 5.41 Å². The summed E-state index contributed by atoms with van der Waals surface area (Å²) in [5.74, 6) is 0. The Balaban J connectivity index is 2.48. The molecule has 2 rings (SSSR count). The minimum Gasteiger partial charge on any atom is -0.249 e. The van der Waals surface area contributed by atoms with Crippen LogP contribution in [0.15, 0.2) is 5.51 Å². The van der Waals surface area contributed by atoms with Crippen LogP contribution in [0.3, 0.4) is 0 Å². The van der Waals surface area contributed by atoms with E-state index in [2.05, 4.69) is 32.7 Å². The Bertz CT molecular complexity index is 323. The molecule has 0 atom stereocenters. The van der Waals surface area contributed by atoms with Gasteiger partial charge >= 0.3 is 0 Å². The van der Waals surface area contributed by atoms with Crippen LogP contribution in [0.2, 0.25) is 0 Å². The maximum atomic E-state index is 4.47. The van der Waals surface area contributed by atoms with E-state index < -0.39 is 0 Å². The summed E-state index contributed by atoms with van der Waals surface area (Å²) in [6, 6.07) is 0. The molecule has 0 amide bonds. The van der Waals surface area contributed by atoms with E-state index in [0.717, 1.165) is 6.42 Å². The zero-order valence-corrected chi connectivity index (χ0v) is 9.66. The maximum absolute atomic E-state index is 4.47. The first-order chi connectivity index (χ1) is 5.91. The average molecular weight is 195 g/mol. The molecule has 0 aliphatic heterocycles. The van der Waals surface area contributed by atoms with Gasteiger partial charge in [-0.3, -0.25) is 0 Å². The predicted octanol–water partition coefficient (Wildman–Crippen LogP) is 3.39. The van der Waals surface area contributed by atoms with Gasteiger partial charge in [0.25, 0.3) is 0 Å². The second-order valence-corrected chi connectivity index (χ2v) is 6.38. The Kier molecular flexibility index (Phi) is 1.82. The van der Waals surface area contributed by atoms with Crippen LogP contribution in [0.5, 0.6) is 0 Å². The van der Waals surface area contributed by atoms with Gasteiger partial charge < -0.3 is 0 Å². The largest absolute Gasteiger partial charge is 0.249 e. The normalized spacial score (nSPS) is 24.0. The van der Waals surface area contributed by atoms with Gasteiger partial charge in [-0.15, -0.1) is 11.3 Å². The zero-order chi connectivity index (χ0) is 9.69. The molecule has 0 aromatic carbocycles. The lowest BCUT2D eigenvalue weighted by Gasteiger charge is -2.39. The van der Waals surface area contributed by atoms with Crippen LogP contribution in [-0.2, 0) is 11.8 Å². The summed E-state index contributed by atoms with van der Waals surface area (Å²) in [5.41, 5.74) is 4.09. The number of thiazole rings is 1. The van der Waals surface area contributed by atoms with Crippen LogP contribution < -0.4 is 0 Å². The fourth-order valence-corrected chi connectivity index (χ4v) is 3.68. The van der Waals surface area contributed by atoms with Gasteiger partial charge in [-0.1, -0.05) is 27.7 Å². The van der Waals surface area contributed by atoms with Crippen molar-refractivity contribution < 1.29 is 0 Å². The molecule has 13 heavy (non-hydrogen) atoms. The van der Waals surface area contributed by atoms with E-state index in [9.17, 15) is 0 Å². The third-order valence-corrected chi connectivity index (χ3v) is 4.06. The summed E-state index contributed by atoms with van der Waals surface area (Å²) in [6.07, 6.45) is 2.42. The Morgan fingerprint density at radius 2 is 2.00 bits per heavy atom. The number of fused-ring (bicyclic) bond motifs is 1. The highest BCUT2D eigenvalue weighted by Crippen LogP contribution is 2.46. The molecule has 0 saturated heterocycles. The van der Waals surface area contributed by atoms with Gasteiger partial charge in [0.15, 0.2) is 0 Å². The summed E-state index contributed by atoms with van der Waals surface area (Å²) < 4.78 is 0. The van der Waals surface area contributed by atoms with Gasteiger partial charge in [0, 0.05) is 10.3 Å². The van der Waals surface area contributed by atoms with Gasteiger partial charge in [0.2, 0.25) is 0 Å². The van der Waals surface area contributed by atoms with E-state index in [1.807, 2.05) is 16.8 Å². The summed E-state index contributed by atoms with van der Waals surface area (Å²) in [6.45, 7) is 9.36. The number of nitrogens with zero attached hydrogens (tertiary/aromatic N) is 1. The van der Waals surface area contributed by atoms with Gasteiger partial charge in [-0.05, 0) is 18.3 Å². The van der Waals surface area contributed by atoms with Crippen molar-refractivity contribution in [2.75, 3.05) is 0 Å². The Labute approximate surface area is 84.2 Å². The standard InChI is InChI=1S/C11H17NS/c1-10(2)5-8-9(13-7-12-8)11(3,4)6-10/h7H,5-6H2,1-4H3. The number of aromatic nitrogens is 1. The summed E-state index contributed by atoms with van der Waals surface area (Å²) in [7, 11) is 0. The molecule has 0 radical (unpaired) electrons. The Morgan fingerprint density at radius 3 is 2.69 bits per heavy atom. The Morgan fingerprint density at radius 1 is 1.31 bits per heavy atom. The molecular weight excluding hydrogens is 178 g/mol. The van der Waals surface area contributed by atoms with Gasteiger partial charge in [0.05, 0.1) is 11.2 Å². The molecule has 1 nitrogen and oxygen atoms in total. The smallest absolute Gasteiger partial charge is 0.0797 e. The van der Waals surface area contributed by atoms with Crippen molar-refractivity contribution in [3.63, 3.8) is 0 Å². The fourth-order valence-electron chi connectivity index (χ4n) is 2.74. The second-order valence-electron chi connectivity index (χ2n) is 5.53. The van der Waals surface area contributed by atoms with Crippen LogP contribution in [0.4, 0.5) is 0 Å². The average Bonchev–Trinajstić information content (AvgIpc) is 2.29. The molecule has 0 saturated carbocycles. The second kappa shape index (κ2) is 2.57. The molecule has 2 heteroatoms. The minimum absolute atomic E-state index is 0.332. The van der Waals surface area contributed by atoms with Crippen molar-refractivity contribution in [3.8, 4) is 0 Å². The predicted molar refractivity (Wildman–Crippen MR) is 57.2 cm³/mol. The Hall–Kier alpha value is -0.370. The number of rotatable bonds is 0. The third-order valence-electron chi connectivity index (χ3n) is 2.82. The fraction of sp³-hybridized carbons (Fsp3) is 0.727. The molecule has 1 aromatic rings. The van der Waals surface area contributed by atoms with Gasteiger partial charge in [-0.25, -0.2) is 4.98 Å². The molecule has 1 heterocycles. The molecule has 0 bridgehead atoms. The molecule has 1 aromatic heterocycles.